The molecule has 0 spiro atoms. The molecule has 0 aliphatic rings. The molecule has 2 N–H and O–H groups in total. The molecule has 1 atom stereocenters. The molecular formula is C24H20ClFN6O2S. The average Bonchev–Trinajstić information content (AvgIpc) is 3.54. The van der Waals surface area contributed by atoms with Crippen LogP contribution in [0.15, 0.2) is 55.1 Å². The molecule has 1 unspecified atom stereocenters. The van der Waals surface area contributed by atoms with E-state index in [0.717, 1.165) is 33.2 Å². The van der Waals surface area contributed by atoms with Gasteiger partial charge in [0.25, 0.3) is 5.91 Å². The van der Waals surface area contributed by atoms with Crippen LogP contribution in [0, 0.1) is 12.7 Å². The van der Waals surface area contributed by atoms with E-state index in [4.69, 9.17) is 11.6 Å². The van der Waals surface area contributed by atoms with Gasteiger partial charge in [-0.2, -0.15) is 10.2 Å². The Balaban J connectivity index is 1.42. The number of nitrogens with zero attached hydrogens (tertiary/aromatic N) is 5. The highest BCUT2D eigenvalue weighted by Crippen LogP contribution is 2.32. The monoisotopic (exact) mass is 510 g/mol. The van der Waals surface area contributed by atoms with E-state index in [9.17, 15) is 14.3 Å². The molecule has 0 aliphatic carbocycles. The van der Waals surface area contributed by atoms with Gasteiger partial charge in [-0.25, -0.2) is 13.9 Å². The highest BCUT2D eigenvalue weighted by atomic mass is 35.5. The predicted octanol–water partition coefficient (Wildman–Crippen LogP) is 4.42. The molecule has 0 aliphatic heterocycles. The average molecular weight is 511 g/mol. The van der Waals surface area contributed by atoms with Crippen molar-refractivity contribution in [3.8, 4) is 22.4 Å². The van der Waals surface area contributed by atoms with Crippen LogP contribution in [0.2, 0.25) is 5.02 Å². The summed E-state index contributed by atoms with van der Waals surface area (Å²) in [6.07, 6.45) is 7.36. The fraction of sp³-hybridized carbons (Fsp3) is 0.167. The zero-order chi connectivity index (χ0) is 24.7. The molecule has 178 valence electrons. The van der Waals surface area contributed by atoms with Crippen LogP contribution < -0.4 is 5.32 Å². The summed E-state index contributed by atoms with van der Waals surface area (Å²) in [4.78, 5) is 18.3. The lowest BCUT2D eigenvalue weighted by Gasteiger charge is -2.16. The lowest BCUT2D eigenvalue weighted by atomic mass is 10.1. The Morgan fingerprint density at radius 2 is 2.03 bits per heavy atom. The van der Waals surface area contributed by atoms with Crippen molar-refractivity contribution in [2.45, 2.75) is 13.0 Å². The van der Waals surface area contributed by atoms with Crippen molar-refractivity contribution in [2.24, 2.45) is 7.05 Å². The van der Waals surface area contributed by atoms with Gasteiger partial charge < -0.3 is 10.4 Å². The van der Waals surface area contributed by atoms with Gasteiger partial charge in [0.15, 0.2) is 5.01 Å². The first-order valence-electron chi connectivity index (χ1n) is 10.6. The summed E-state index contributed by atoms with van der Waals surface area (Å²) in [6, 6.07) is 7.01. The van der Waals surface area contributed by atoms with Crippen molar-refractivity contribution in [3.63, 3.8) is 0 Å². The number of hydrogen-bond acceptors (Lipinski definition) is 6. The number of aryl methyl sites for hydroxylation is 2. The third kappa shape index (κ3) is 4.55. The van der Waals surface area contributed by atoms with Crippen LogP contribution in [0.25, 0.3) is 27.9 Å². The van der Waals surface area contributed by atoms with Gasteiger partial charge in [0, 0.05) is 46.0 Å². The summed E-state index contributed by atoms with van der Waals surface area (Å²) < 4.78 is 17.3. The maximum Gasteiger partial charge on any atom is 0.280 e. The molecule has 11 heteroatoms. The van der Waals surface area contributed by atoms with Gasteiger partial charge >= 0.3 is 0 Å². The summed E-state index contributed by atoms with van der Waals surface area (Å²) in [5.41, 5.74) is 4.62. The van der Waals surface area contributed by atoms with Crippen LogP contribution in [0.3, 0.4) is 0 Å². The Hall–Kier alpha value is -3.60. The first-order chi connectivity index (χ1) is 16.8. The number of amides is 1. The standard InChI is InChI=1S/C24H20ClFN6O2S/c1-13-22(19-9-28-32-11-14(3-4-21(19)32)16-8-27-31(2)10-16)30-24(35-13)23(34)29-20(12-33)15-5-17(25)7-18(26)6-15/h3-11,20,33H,12H2,1-2H3,(H,29,34). The number of thiazole rings is 1. The third-order valence-corrected chi connectivity index (χ3v) is 6.76. The zero-order valence-electron chi connectivity index (χ0n) is 18.7. The minimum atomic E-state index is -0.828. The summed E-state index contributed by atoms with van der Waals surface area (Å²) in [6.45, 7) is 1.46. The second-order valence-electron chi connectivity index (χ2n) is 8.04. The number of nitrogens with one attached hydrogen (secondary N) is 1. The number of fused-ring (bicyclic) bond motifs is 1. The number of carbonyl (C=O) groups excluding carboxylic acids is 1. The van der Waals surface area contributed by atoms with Gasteiger partial charge in [-0.3, -0.25) is 9.48 Å². The fourth-order valence-corrected chi connectivity index (χ4v) is 4.94. The lowest BCUT2D eigenvalue weighted by molar-refractivity contribution is 0.0915. The van der Waals surface area contributed by atoms with Crippen molar-refractivity contribution in [3.05, 3.63) is 81.4 Å². The Bertz CT molecular complexity index is 1540. The van der Waals surface area contributed by atoms with E-state index < -0.39 is 24.4 Å². The van der Waals surface area contributed by atoms with Crippen LogP contribution >= 0.6 is 22.9 Å². The quantitative estimate of drug-likeness (QED) is 0.352. The van der Waals surface area contributed by atoms with Gasteiger partial charge in [-0.1, -0.05) is 17.7 Å². The van der Waals surface area contributed by atoms with E-state index in [1.165, 1.54) is 23.5 Å². The van der Waals surface area contributed by atoms with Crippen LogP contribution in [0.1, 0.15) is 26.3 Å². The highest BCUT2D eigenvalue weighted by Gasteiger charge is 2.22. The molecule has 35 heavy (non-hydrogen) atoms. The smallest absolute Gasteiger partial charge is 0.280 e. The second kappa shape index (κ2) is 9.21. The van der Waals surface area contributed by atoms with Gasteiger partial charge in [0.1, 0.15) is 5.82 Å². The second-order valence-corrected chi connectivity index (χ2v) is 9.68. The molecule has 5 aromatic rings. The van der Waals surface area contributed by atoms with E-state index >= 15 is 0 Å². The van der Waals surface area contributed by atoms with Gasteiger partial charge in [-0.05, 0) is 36.8 Å². The largest absolute Gasteiger partial charge is 0.394 e. The molecule has 0 saturated carbocycles. The normalized spacial score (nSPS) is 12.3. The first-order valence-corrected chi connectivity index (χ1v) is 11.8. The first kappa shape index (κ1) is 23.2. The molecule has 1 aromatic carbocycles. The van der Waals surface area contributed by atoms with E-state index in [2.05, 4.69) is 20.5 Å². The number of benzene rings is 1. The number of aliphatic hydroxyl groups excluding tert-OH is 1. The molecule has 0 fully saturated rings. The van der Waals surface area contributed by atoms with Crippen molar-refractivity contribution in [1.29, 1.82) is 0 Å². The van der Waals surface area contributed by atoms with Gasteiger partial charge in [0.2, 0.25) is 0 Å². The van der Waals surface area contributed by atoms with Crippen molar-refractivity contribution >= 4 is 34.4 Å². The van der Waals surface area contributed by atoms with Gasteiger partial charge in [0.05, 0.1) is 36.3 Å². The number of aliphatic hydroxyl groups is 1. The van der Waals surface area contributed by atoms with Crippen LogP contribution in [-0.2, 0) is 7.05 Å². The topological polar surface area (TPSA) is 97.3 Å². The summed E-state index contributed by atoms with van der Waals surface area (Å²) in [5.74, 6) is -1.02. The summed E-state index contributed by atoms with van der Waals surface area (Å²) in [5, 5.41) is 21.6. The molecule has 5 rings (SSSR count). The predicted molar refractivity (Wildman–Crippen MR) is 132 cm³/mol. The summed E-state index contributed by atoms with van der Waals surface area (Å²) in [7, 11) is 1.86. The van der Waals surface area contributed by atoms with Gasteiger partial charge in [-0.15, -0.1) is 11.3 Å². The molecule has 4 aromatic heterocycles. The molecule has 4 heterocycles. The van der Waals surface area contributed by atoms with E-state index in [0.29, 0.717) is 11.3 Å². The maximum atomic E-state index is 13.7. The number of carbonyl (C=O) groups is 1. The van der Waals surface area contributed by atoms with Crippen molar-refractivity contribution in [2.75, 3.05) is 6.61 Å². The van der Waals surface area contributed by atoms with Crippen LogP contribution in [0.4, 0.5) is 4.39 Å². The van der Waals surface area contributed by atoms with Crippen molar-refractivity contribution in [1.82, 2.24) is 29.7 Å². The number of aromatic nitrogens is 5. The molecule has 0 bridgehead atoms. The lowest BCUT2D eigenvalue weighted by Crippen LogP contribution is -2.30. The third-order valence-electron chi connectivity index (χ3n) is 5.58. The summed E-state index contributed by atoms with van der Waals surface area (Å²) >= 11 is 7.16. The van der Waals surface area contributed by atoms with E-state index in [1.54, 1.807) is 21.6 Å². The highest BCUT2D eigenvalue weighted by molar-refractivity contribution is 7.14. The minimum absolute atomic E-state index is 0.180. The molecule has 0 saturated heterocycles. The molecular weight excluding hydrogens is 491 g/mol. The molecule has 0 radical (unpaired) electrons. The number of halogens is 2. The molecule has 1 amide bonds. The maximum absolute atomic E-state index is 13.7. The number of hydrogen-bond donors (Lipinski definition) is 2. The van der Waals surface area contributed by atoms with Crippen molar-refractivity contribution < 1.29 is 14.3 Å². The Morgan fingerprint density at radius 3 is 2.74 bits per heavy atom. The van der Waals surface area contributed by atoms with Crippen LogP contribution in [-0.4, -0.2) is 42.0 Å². The molecule has 8 nitrogen and oxygen atoms in total. The Labute approximate surface area is 208 Å². The Morgan fingerprint density at radius 1 is 1.20 bits per heavy atom. The number of rotatable bonds is 6. The minimum Gasteiger partial charge on any atom is -0.394 e. The SMILES string of the molecule is Cc1sc(C(=O)NC(CO)c2cc(F)cc(Cl)c2)nc1-c1cnn2cc(-c3cnn(C)c3)ccc12. The Kier molecular flexibility index (Phi) is 6.10. The van der Waals surface area contributed by atoms with Crippen LogP contribution in [0.5, 0.6) is 0 Å². The number of pyridine rings is 1. The van der Waals surface area contributed by atoms with E-state index in [-0.39, 0.29) is 10.0 Å². The zero-order valence-corrected chi connectivity index (χ0v) is 20.3. The van der Waals surface area contributed by atoms with E-state index in [1.807, 2.05) is 38.5 Å². The fourth-order valence-electron chi connectivity index (χ4n) is 3.88.